The smallest absolute Gasteiger partial charge is 0.221 e. The predicted molar refractivity (Wildman–Crippen MR) is 91.6 cm³/mol. The number of aryl methyl sites for hydroxylation is 1. The maximum absolute atomic E-state index is 11.5. The number of amides is 1. The highest BCUT2D eigenvalue weighted by Crippen LogP contribution is 2.31. The van der Waals surface area contributed by atoms with Crippen molar-refractivity contribution in [2.45, 2.75) is 13.8 Å². The summed E-state index contributed by atoms with van der Waals surface area (Å²) in [5, 5.41) is 3.71. The van der Waals surface area contributed by atoms with E-state index in [1.165, 1.54) is 6.92 Å². The molecule has 1 heterocycles. The first-order valence-corrected chi connectivity index (χ1v) is 7.32. The van der Waals surface area contributed by atoms with Crippen molar-refractivity contribution in [3.63, 3.8) is 0 Å². The molecule has 1 N–H and O–H groups in total. The summed E-state index contributed by atoms with van der Waals surface area (Å²) in [5.41, 5.74) is 4.34. The number of benzene rings is 2. The molecule has 0 aliphatic heterocycles. The molecular formula is C19H16N2O2. The number of rotatable bonds is 3. The van der Waals surface area contributed by atoms with E-state index < -0.39 is 0 Å². The van der Waals surface area contributed by atoms with Crippen molar-refractivity contribution in [3.05, 3.63) is 59.7 Å². The van der Waals surface area contributed by atoms with Crippen LogP contribution in [0, 0.1) is 6.92 Å². The number of aromatic nitrogens is 1. The Labute approximate surface area is 134 Å². The van der Waals surface area contributed by atoms with Gasteiger partial charge < -0.3 is 5.32 Å². The molecule has 114 valence electrons. The monoisotopic (exact) mass is 304 g/mol. The van der Waals surface area contributed by atoms with Gasteiger partial charge in [0.2, 0.25) is 5.91 Å². The Morgan fingerprint density at radius 1 is 1.13 bits per heavy atom. The Balaban J connectivity index is 2.29. The number of hydrogen-bond donors (Lipinski definition) is 1. The van der Waals surface area contributed by atoms with Crippen LogP contribution < -0.4 is 5.32 Å². The first-order chi connectivity index (χ1) is 11.1. The molecule has 4 nitrogen and oxygen atoms in total. The molecule has 4 heteroatoms. The van der Waals surface area contributed by atoms with Crippen LogP contribution in [0.5, 0.6) is 0 Å². The molecule has 0 aliphatic rings. The molecular weight excluding hydrogens is 288 g/mol. The Bertz CT molecular complexity index is 916. The average molecular weight is 304 g/mol. The molecule has 23 heavy (non-hydrogen) atoms. The number of hydrogen-bond acceptors (Lipinski definition) is 3. The van der Waals surface area contributed by atoms with Gasteiger partial charge >= 0.3 is 0 Å². The summed E-state index contributed by atoms with van der Waals surface area (Å²) in [5.74, 6) is -0.165. The second-order valence-corrected chi connectivity index (χ2v) is 5.42. The molecule has 0 saturated carbocycles. The van der Waals surface area contributed by atoms with Crippen LogP contribution in [0.2, 0.25) is 0 Å². The second-order valence-electron chi connectivity index (χ2n) is 5.42. The largest absolute Gasteiger partial charge is 0.326 e. The van der Waals surface area contributed by atoms with Crippen molar-refractivity contribution in [1.82, 2.24) is 4.98 Å². The second kappa shape index (κ2) is 6.01. The Morgan fingerprint density at radius 3 is 2.65 bits per heavy atom. The van der Waals surface area contributed by atoms with Gasteiger partial charge in [-0.05, 0) is 24.6 Å². The van der Waals surface area contributed by atoms with Crippen LogP contribution in [-0.4, -0.2) is 17.2 Å². The fraction of sp³-hybridized carbons (Fsp3) is 0.105. The number of carbonyl (C=O) groups excluding carboxylic acids is 2. The molecule has 2 aromatic carbocycles. The number of fused-ring (bicyclic) bond motifs is 1. The maximum Gasteiger partial charge on any atom is 0.221 e. The molecule has 0 aliphatic carbocycles. The zero-order valence-electron chi connectivity index (χ0n) is 13.0. The summed E-state index contributed by atoms with van der Waals surface area (Å²) in [6, 6.07) is 15.0. The standard InChI is InChI=1S/C19H16N2O2/c1-12-6-5-7-14-10-15(11-22)19(21-18(12)14)16-8-3-4-9-17(16)20-13(2)23/h3-11H,1-2H3,(H,20,23). The third kappa shape index (κ3) is 2.83. The van der Waals surface area contributed by atoms with Gasteiger partial charge in [-0.2, -0.15) is 0 Å². The molecule has 3 rings (SSSR count). The minimum Gasteiger partial charge on any atom is -0.326 e. The highest BCUT2D eigenvalue weighted by Gasteiger charge is 2.13. The van der Waals surface area contributed by atoms with Gasteiger partial charge in [-0.1, -0.05) is 36.4 Å². The first kappa shape index (κ1) is 14.9. The van der Waals surface area contributed by atoms with Crippen molar-refractivity contribution in [2.75, 3.05) is 5.32 Å². The summed E-state index contributed by atoms with van der Waals surface area (Å²) in [7, 11) is 0. The molecule has 0 atom stereocenters. The summed E-state index contributed by atoms with van der Waals surface area (Å²) in [6.07, 6.45) is 0.800. The van der Waals surface area contributed by atoms with Gasteiger partial charge in [0, 0.05) is 23.4 Å². The van der Waals surface area contributed by atoms with Crippen molar-refractivity contribution >= 4 is 28.8 Å². The maximum atomic E-state index is 11.5. The highest BCUT2D eigenvalue weighted by atomic mass is 16.1. The summed E-state index contributed by atoms with van der Waals surface area (Å²) in [4.78, 5) is 27.7. The van der Waals surface area contributed by atoms with Crippen molar-refractivity contribution in [3.8, 4) is 11.3 Å². The molecule has 0 fully saturated rings. The number of nitrogens with zero attached hydrogens (tertiary/aromatic N) is 1. The highest BCUT2D eigenvalue weighted by molar-refractivity contribution is 5.99. The molecule has 0 saturated heterocycles. The fourth-order valence-electron chi connectivity index (χ4n) is 2.66. The molecule has 1 amide bonds. The van der Waals surface area contributed by atoms with Crippen molar-refractivity contribution in [2.24, 2.45) is 0 Å². The summed E-state index contributed by atoms with van der Waals surface area (Å²) < 4.78 is 0. The SMILES string of the molecule is CC(=O)Nc1ccccc1-c1nc2c(C)cccc2cc1C=O. The zero-order chi connectivity index (χ0) is 16.4. The number of carbonyl (C=O) groups is 2. The van der Waals surface area contributed by atoms with E-state index in [4.69, 9.17) is 4.98 Å². The lowest BCUT2D eigenvalue weighted by molar-refractivity contribution is -0.114. The van der Waals surface area contributed by atoms with Gasteiger partial charge in [-0.3, -0.25) is 9.59 Å². The predicted octanol–water partition coefficient (Wildman–Crippen LogP) is 3.98. The van der Waals surface area contributed by atoms with E-state index in [0.717, 1.165) is 28.3 Å². The number of anilines is 1. The number of aldehydes is 1. The number of para-hydroxylation sites is 2. The first-order valence-electron chi connectivity index (χ1n) is 7.32. The third-order valence-electron chi connectivity index (χ3n) is 3.70. The van der Waals surface area contributed by atoms with E-state index >= 15 is 0 Å². The minimum absolute atomic E-state index is 0.165. The van der Waals surface area contributed by atoms with Gasteiger partial charge in [0.15, 0.2) is 6.29 Å². The van der Waals surface area contributed by atoms with Crippen molar-refractivity contribution in [1.29, 1.82) is 0 Å². The number of pyridine rings is 1. The normalized spacial score (nSPS) is 10.5. The molecule has 0 unspecified atom stereocenters. The van der Waals surface area contributed by atoms with Crippen LogP contribution in [0.15, 0.2) is 48.5 Å². The topological polar surface area (TPSA) is 59.1 Å². The lowest BCUT2D eigenvalue weighted by atomic mass is 10.0. The van der Waals surface area contributed by atoms with E-state index in [1.807, 2.05) is 49.4 Å². The van der Waals surface area contributed by atoms with Crippen LogP contribution in [-0.2, 0) is 4.79 Å². The zero-order valence-corrected chi connectivity index (χ0v) is 13.0. The Kier molecular flexibility index (Phi) is 3.89. The van der Waals surface area contributed by atoms with Gasteiger partial charge in [-0.15, -0.1) is 0 Å². The quantitative estimate of drug-likeness (QED) is 0.744. The van der Waals surface area contributed by atoms with E-state index in [1.54, 1.807) is 6.07 Å². The lowest BCUT2D eigenvalue weighted by Crippen LogP contribution is -2.07. The van der Waals surface area contributed by atoms with Crippen LogP contribution >= 0.6 is 0 Å². The van der Waals surface area contributed by atoms with Crippen LogP contribution in [0.3, 0.4) is 0 Å². The summed E-state index contributed by atoms with van der Waals surface area (Å²) >= 11 is 0. The molecule has 0 bridgehead atoms. The molecule has 0 radical (unpaired) electrons. The molecule has 3 aromatic rings. The lowest BCUT2D eigenvalue weighted by Gasteiger charge is -2.12. The van der Waals surface area contributed by atoms with Crippen LogP contribution in [0.1, 0.15) is 22.8 Å². The van der Waals surface area contributed by atoms with Crippen LogP contribution in [0.25, 0.3) is 22.2 Å². The van der Waals surface area contributed by atoms with Gasteiger partial charge in [-0.25, -0.2) is 4.98 Å². The van der Waals surface area contributed by atoms with Gasteiger partial charge in [0.05, 0.1) is 16.9 Å². The summed E-state index contributed by atoms with van der Waals surface area (Å²) in [6.45, 7) is 3.44. The van der Waals surface area contributed by atoms with Gasteiger partial charge in [0.25, 0.3) is 0 Å². The Hall–Kier alpha value is -3.01. The fourth-order valence-corrected chi connectivity index (χ4v) is 2.66. The molecule has 1 aromatic heterocycles. The average Bonchev–Trinajstić information content (AvgIpc) is 2.54. The van der Waals surface area contributed by atoms with E-state index in [-0.39, 0.29) is 5.91 Å². The van der Waals surface area contributed by atoms with Crippen LogP contribution in [0.4, 0.5) is 5.69 Å². The van der Waals surface area contributed by atoms with E-state index in [9.17, 15) is 9.59 Å². The van der Waals surface area contributed by atoms with Gasteiger partial charge in [0.1, 0.15) is 0 Å². The molecule has 0 spiro atoms. The number of nitrogens with one attached hydrogen (secondary N) is 1. The third-order valence-corrected chi connectivity index (χ3v) is 3.70. The van der Waals surface area contributed by atoms with Crippen molar-refractivity contribution < 1.29 is 9.59 Å². The minimum atomic E-state index is -0.165. The van der Waals surface area contributed by atoms with E-state index in [2.05, 4.69) is 5.32 Å². The Morgan fingerprint density at radius 2 is 1.91 bits per heavy atom. The van der Waals surface area contributed by atoms with E-state index in [0.29, 0.717) is 16.9 Å².